The number of carboxylic acid groups (broad SMARTS) is 1. The lowest BCUT2D eigenvalue weighted by Crippen LogP contribution is -2.39. The van der Waals surface area contributed by atoms with Gasteiger partial charge in [0, 0.05) is 43.0 Å². The molecule has 2 aromatic rings. The van der Waals surface area contributed by atoms with Crippen LogP contribution in [-0.4, -0.2) is 28.7 Å². The van der Waals surface area contributed by atoms with Gasteiger partial charge >= 0.3 is 5.97 Å². The Labute approximate surface area is 124 Å². The van der Waals surface area contributed by atoms with E-state index in [1.807, 2.05) is 0 Å². The third-order valence-electron chi connectivity index (χ3n) is 5.10. The molecule has 5 rings (SSSR count). The van der Waals surface area contributed by atoms with Gasteiger partial charge in [-0.3, -0.25) is 4.79 Å². The minimum Gasteiger partial charge on any atom is -0.481 e. The van der Waals surface area contributed by atoms with Gasteiger partial charge in [0.2, 0.25) is 0 Å². The lowest BCUT2D eigenvalue weighted by molar-refractivity contribution is -0.136. The maximum Gasteiger partial charge on any atom is 0.303 e. The largest absolute Gasteiger partial charge is 0.481 e. The van der Waals surface area contributed by atoms with Gasteiger partial charge in [0.25, 0.3) is 0 Å². The zero-order valence-corrected chi connectivity index (χ0v) is 12.3. The van der Waals surface area contributed by atoms with Crippen LogP contribution in [0.4, 0.5) is 5.82 Å². The van der Waals surface area contributed by atoms with Crippen LogP contribution in [-0.2, 0) is 18.3 Å². The molecular weight excluding hydrogens is 264 g/mol. The van der Waals surface area contributed by atoms with Crippen molar-refractivity contribution in [2.24, 2.45) is 7.05 Å². The summed E-state index contributed by atoms with van der Waals surface area (Å²) in [5.41, 5.74) is 3.91. The Bertz CT molecular complexity index is 724. The molecular formula is C17H20N2O2. The van der Waals surface area contributed by atoms with Crippen LogP contribution in [0.5, 0.6) is 0 Å². The number of carboxylic acids is 1. The SMILES string of the molecule is Cn1c2c(c3cc(CCC(=O)O)ccc31)C1CCN2CC1. The van der Waals surface area contributed by atoms with Crippen molar-refractivity contribution in [3.63, 3.8) is 0 Å². The van der Waals surface area contributed by atoms with Crippen LogP contribution in [0.2, 0.25) is 0 Å². The highest BCUT2D eigenvalue weighted by Gasteiger charge is 2.35. The van der Waals surface area contributed by atoms with Gasteiger partial charge in [0.05, 0.1) is 0 Å². The number of fused-ring (bicyclic) bond motifs is 3. The maximum absolute atomic E-state index is 10.8. The molecule has 1 N–H and O–H groups in total. The number of aryl methyl sites for hydroxylation is 2. The van der Waals surface area contributed by atoms with Gasteiger partial charge in [-0.15, -0.1) is 0 Å². The summed E-state index contributed by atoms with van der Waals surface area (Å²) in [6.07, 6.45) is 3.33. The third-order valence-corrected chi connectivity index (χ3v) is 5.10. The quantitative estimate of drug-likeness (QED) is 0.942. The lowest BCUT2D eigenvalue weighted by Gasteiger charge is -2.41. The Morgan fingerprint density at radius 3 is 2.81 bits per heavy atom. The number of hydrogen-bond donors (Lipinski definition) is 1. The normalized spacial score (nSPS) is 17.5. The maximum atomic E-state index is 10.8. The third kappa shape index (κ3) is 1.85. The number of hydrogen-bond acceptors (Lipinski definition) is 2. The van der Waals surface area contributed by atoms with Gasteiger partial charge in [0.1, 0.15) is 5.82 Å². The first-order valence-corrected chi connectivity index (χ1v) is 7.73. The fraction of sp³-hybridized carbons (Fsp3) is 0.471. The smallest absolute Gasteiger partial charge is 0.303 e. The zero-order valence-electron chi connectivity index (χ0n) is 12.3. The highest BCUT2D eigenvalue weighted by Crippen LogP contribution is 2.47. The van der Waals surface area contributed by atoms with Gasteiger partial charge in [0.15, 0.2) is 0 Å². The molecule has 0 saturated carbocycles. The van der Waals surface area contributed by atoms with Gasteiger partial charge in [-0.2, -0.15) is 0 Å². The molecule has 1 saturated heterocycles. The highest BCUT2D eigenvalue weighted by atomic mass is 16.4. The minimum absolute atomic E-state index is 0.204. The molecule has 110 valence electrons. The van der Waals surface area contributed by atoms with E-state index in [2.05, 4.69) is 34.7 Å². The van der Waals surface area contributed by atoms with E-state index < -0.39 is 5.97 Å². The number of aliphatic carboxylic acids is 1. The van der Waals surface area contributed by atoms with Crippen LogP contribution in [0.1, 0.15) is 36.3 Å². The van der Waals surface area contributed by atoms with E-state index in [0.29, 0.717) is 12.3 Å². The molecule has 0 spiro atoms. The standard InChI is InChI=1S/C17H20N2O2/c1-18-14-4-2-11(3-5-15(20)21)10-13(14)16-12-6-8-19(9-7-12)17(16)18/h2,4,10,12H,3,5-9H2,1H3,(H,20,21). The van der Waals surface area contributed by atoms with Crippen molar-refractivity contribution in [2.75, 3.05) is 18.0 Å². The fourth-order valence-electron chi connectivity index (χ4n) is 4.08. The molecule has 4 heteroatoms. The van der Waals surface area contributed by atoms with E-state index in [-0.39, 0.29) is 6.42 Å². The van der Waals surface area contributed by atoms with Crippen LogP contribution in [0.3, 0.4) is 0 Å². The molecule has 0 atom stereocenters. The zero-order chi connectivity index (χ0) is 14.6. The van der Waals surface area contributed by atoms with E-state index in [1.54, 1.807) is 0 Å². The van der Waals surface area contributed by atoms with E-state index >= 15 is 0 Å². The first-order valence-electron chi connectivity index (χ1n) is 7.73. The number of carbonyl (C=O) groups is 1. The number of anilines is 1. The molecule has 0 radical (unpaired) electrons. The second-order valence-electron chi connectivity index (χ2n) is 6.30. The summed E-state index contributed by atoms with van der Waals surface area (Å²) in [6, 6.07) is 6.46. The van der Waals surface area contributed by atoms with Gasteiger partial charge < -0.3 is 14.6 Å². The van der Waals surface area contributed by atoms with Crippen molar-refractivity contribution in [3.05, 3.63) is 29.3 Å². The summed E-state index contributed by atoms with van der Waals surface area (Å²) in [6.45, 7) is 2.35. The molecule has 4 heterocycles. The second kappa shape index (κ2) is 4.52. The summed E-state index contributed by atoms with van der Waals surface area (Å²) in [4.78, 5) is 13.3. The summed E-state index contributed by atoms with van der Waals surface area (Å²) in [7, 11) is 2.15. The molecule has 3 aliphatic rings. The molecule has 1 aromatic heterocycles. The second-order valence-corrected chi connectivity index (χ2v) is 6.30. The summed E-state index contributed by atoms with van der Waals surface area (Å²) in [5, 5.41) is 10.2. The first-order chi connectivity index (χ1) is 10.1. The Balaban J connectivity index is 1.84. The molecule has 1 aromatic carbocycles. The number of rotatable bonds is 3. The summed E-state index contributed by atoms with van der Waals surface area (Å²) < 4.78 is 2.32. The number of benzene rings is 1. The molecule has 0 aliphatic carbocycles. The summed E-state index contributed by atoms with van der Waals surface area (Å²) in [5.74, 6) is 1.35. The van der Waals surface area contributed by atoms with Crippen LogP contribution in [0.15, 0.2) is 18.2 Å². The van der Waals surface area contributed by atoms with Crippen molar-refractivity contribution in [1.29, 1.82) is 0 Å². The average molecular weight is 284 g/mol. The fourth-order valence-corrected chi connectivity index (χ4v) is 4.08. The van der Waals surface area contributed by atoms with Crippen LogP contribution in [0.25, 0.3) is 10.9 Å². The predicted molar refractivity (Wildman–Crippen MR) is 83.1 cm³/mol. The Kier molecular flexibility index (Phi) is 2.74. The highest BCUT2D eigenvalue weighted by molar-refractivity contribution is 5.92. The Morgan fingerprint density at radius 1 is 1.33 bits per heavy atom. The van der Waals surface area contributed by atoms with Gasteiger partial charge in [-0.25, -0.2) is 0 Å². The lowest BCUT2D eigenvalue weighted by atomic mass is 9.84. The first kappa shape index (κ1) is 12.7. The topological polar surface area (TPSA) is 45.5 Å². The summed E-state index contributed by atoms with van der Waals surface area (Å²) >= 11 is 0. The van der Waals surface area contributed by atoms with Crippen molar-refractivity contribution in [3.8, 4) is 0 Å². The van der Waals surface area contributed by atoms with E-state index in [0.717, 1.165) is 5.56 Å². The molecule has 2 bridgehead atoms. The van der Waals surface area contributed by atoms with E-state index in [9.17, 15) is 4.79 Å². The van der Waals surface area contributed by atoms with Crippen molar-refractivity contribution < 1.29 is 9.90 Å². The van der Waals surface area contributed by atoms with E-state index in [4.69, 9.17) is 5.11 Å². The Morgan fingerprint density at radius 2 is 2.10 bits per heavy atom. The average Bonchev–Trinajstić information content (AvgIpc) is 2.82. The molecule has 4 nitrogen and oxygen atoms in total. The van der Waals surface area contributed by atoms with Crippen molar-refractivity contribution in [2.45, 2.75) is 31.6 Å². The molecule has 21 heavy (non-hydrogen) atoms. The van der Waals surface area contributed by atoms with Crippen LogP contribution in [0, 0.1) is 0 Å². The molecule has 0 unspecified atom stereocenters. The van der Waals surface area contributed by atoms with Crippen LogP contribution >= 0.6 is 0 Å². The Hall–Kier alpha value is -1.97. The minimum atomic E-state index is -0.727. The van der Waals surface area contributed by atoms with Gasteiger partial charge in [-0.1, -0.05) is 6.07 Å². The van der Waals surface area contributed by atoms with Gasteiger partial charge in [-0.05, 0) is 42.9 Å². The number of piperidine rings is 1. The van der Waals surface area contributed by atoms with Crippen LogP contribution < -0.4 is 4.90 Å². The monoisotopic (exact) mass is 284 g/mol. The number of aromatic nitrogens is 1. The predicted octanol–water partition coefficient (Wildman–Crippen LogP) is 2.89. The molecule has 0 amide bonds. The van der Waals surface area contributed by atoms with Crippen molar-refractivity contribution >= 4 is 22.7 Å². The van der Waals surface area contributed by atoms with E-state index in [1.165, 1.54) is 48.2 Å². The molecule has 1 fully saturated rings. The van der Waals surface area contributed by atoms with Crippen molar-refractivity contribution in [1.82, 2.24) is 4.57 Å². The number of nitrogens with zero attached hydrogens (tertiary/aromatic N) is 2. The molecule has 3 aliphatic heterocycles.